The molecule has 1 N–H and O–H groups in total. The molecule has 3 aromatic rings. The summed E-state index contributed by atoms with van der Waals surface area (Å²) in [7, 11) is -1.58. The normalized spacial score (nSPS) is 22.7. The third-order valence-electron chi connectivity index (χ3n) is 8.30. The van der Waals surface area contributed by atoms with Crippen molar-refractivity contribution in [1.29, 1.82) is 0 Å². The van der Waals surface area contributed by atoms with Gasteiger partial charge in [0, 0.05) is 37.8 Å². The number of aromatic nitrogens is 2. The largest absolute Gasteiger partial charge is 0.461 e. The lowest BCUT2D eigenvalue weighted by molar-refractivity contribution is 0.0461. The van der Waals surface area contributed by atoms with Gasteiger partial charge >= 0.3 is 5.97 Å². The maximum atomic E-state index is 13.1. The Labute approximate surface area is 223 Å². The Morgan fingerprint density at radius 2 is 1.79 bits per heavy atom. The third-order valence-corrected chi connectivity index (χ3v) is 8.90. The summed E-state index contributed by atoms with van der Waals surface area (Å²) < 4.78 is 34.6. The SMILES string of the molecule is CCC1(c2cccc(NS(C)(=O)=O)c2)C2CN(CCOC(=O)c3c(C)n(C)n(-c4ccccc4)c3=O)CC21. The van der Waals surface area contributed by atoms with Crippen molar-refractivity contribution < 1.29 is 17.9 Å². The molecule has 2 unspecified atom stereocenters. The number of nitrogens with one attached hydrogen (secondary N) is 1. The van der Waals surface area contributed by atoms with E-state index in [4.69, 9.17) is 4.74 Å². The monoisotopic (exact) mass is 538 g/mol. The van der Waals surface area contributed by atoms with E-state index in [9.17, 15) is 18.0 Å². The molecule has 0 bridgehead atoms. The van der Waals surface area contributed by atoms with Gasteiger partial charge in [-0.25, -0.2) is 17.9 Å². The Morgan fingerprint density at radius 3 is 2.42 bits per heavy atom. The lowest BCUT2D eigenvalue weighted by atomic mass is 9.87. The highest BCUT2D eigenvalue weighted by Crippen LogP contribution is 2.65. The van der Waals surface area contributed by atoms with E-state index < -0.39 is 16.0 Å². The average molecular weight is 539 g/mol. The molecule has 0 amide bonds. The average Bonchev–Trinajstić information content (AvgIpc) is 3.12. The lowest BCUT2D eigenvalue weighted by Gasteiger charge is -2.26. The van der Waals surface area contributed by atoms with E-state index in [-0.39, 0.29) is 23.1 Å². The van der Waals surface area contributed by atoms with Crippen molar-refractivity contribution >= 4 is 21.7 Å². The number of carbonyl (C=O) groups excluding carboxylic acids is 1. The molecule has 1 aliphatic carbocycles. The number of hydrogen-bond donors (Lipinski definition) is 1. The van der Waals surface area contributed by atoms with Gasteiger partial charge in [-0.2, -0.15) is 0 Å². The van der Waals surface area contributed by atoms with E-state index >= 15 is 0 Å². The number of anilines is 1. The first-order valence-electron chi connectivity index (χ1n) is 12.9. The van der Waals surface area contributed by atoms with Gasteiger partial charge in [-0.3, -0.25) is 19.1 Å². The van der Waals surface area contributed by atoms with Crippen LogP contribution in [0.4, 0.5) is 5.69 Å². The summed E-state index contributed by atoms with van der Waals surface area (Å²) in [5.41, 5.74) is 2.74. The molecule has 1 aromatic heterocycles. The minimum atomic E-state index is -3.33. The molecular weight excluding hydrogens is 504 g/mol. The van der Waals surface area contributed by atoms with Crippen LogP contribution in [0.1, 0.15) is 35.0 Å². The molecule has 5 rings (SSSR count). The van der Waals surface area contributed by atoms with Crippen LogP contribution in [0.25, 0.3) is 5.69 Å². The van der Waals surface area contributed by atoms with Gasteiger partial charge in [0.1, 0.15) is 12.2 Å². The molecule has 9 nitrogen and oxygen atoms in total. The molecule has 202 valence electrons. The first-order valence-corrected chi connectivity index (χ1v) is 14.8. The third kappa shape index (κ3) is 4.56. The molecular formula is C28H34N4O5S. The topological polar surface area (TPSA) is 103 Å². The second kappa shape index (κ2) is 9.74. The van der Waals surface area contributed by atoms with E-state index in [0.717, 1.165) is 25.8 Å². The highest BCUT2D eigenvalue weighted by molar-refractivity contribution is 7.92. The van der Waals surface area contributed by atoms with E-state index in [1.54, 1.807) is 24.7 Å². The summed E-state index contributed by atoms with van der Waals surface area (Å²) in [4.78, 5) is 28.2. The summed E-state index contributed by atoms with van der Waals surface area (Å²) in [6.45, 7) is 6.54. The number of esters is 1. The maximum Gasteiger partial charge on any atom is 0.345 e. The van der Waals surface area contributed by atoms with Crippen LogP contribution >= 0.6 is 0 Å². The number of benzene rings is 2. The van der Waals surface area contributed by atoms with Crippen molar-refractivity contribution in [1.82, 2.24) is 14.3 Å². The standard InChI is InChI=1S/C28H34N4O5S/c1-5-28(20-10-9-11-21(16-20)29-38(4,35)36)23-17-31(18-24(23)28)14-15-37-27(34)25-19(2)30(3)32(26(25)33)22-12-7-6-8-13-22/h6-13,16,23-24,29H,5,14-15,17-18H2,1-4H3. The predicted octanol–water partition coefficient (Wildman–Crippen LogP) is 2.92. The Bertz CT molecular complexity index is 1510. The number of para-hydroxylation sites is 1. The Balaban J connectivity index is 1.20. The summed E-state index contributed by atoms with van der Waals surface area (Å²) in [5, 5.41) is 0. The lowest BCUT2D eigenvalue weighted by Crippen LogP contribution is -2.33. The molecule has 1 saturated heterocycles. The first kappa shape index (κ1) is 26.2. The molecule has 2 fully saturated rings. The van der Waals surface area contributed by atoms with Gasteiger partial charge in [-0.1, -0.05) is 37.3 Å². The van der Waals surface area contributed by atoms with Gasteiger partial charge in [-0.05, 0) is 55.0 Å². The quantitative estimate of drug-likeness (QED) is 0.421. The Kier molecular flexibility index (Phi) is 6.73. The van der Waals surface area contributed by atoms with Crippen LogP contribution in [0.15, 0.2) is 59.4 Å². The summed E-state index contributed by atoms with van der Waals surface area (Å²) in [6, 6.07) is 16.9. The fourth-order valence-corrected chi connectivity index (χ4v) is 6.94. The number of fused-ring (bicyclic) bond motifs is 1. The summed E-state index contributed by atoms with van der Waals surface area (Å²) in [6.07, 6.45) is 2.14. The van der Waals surface area contributed by atoms with Gasteiger partial charge < -0.3 is 4.74 Å². The van der Waals surface area contributed by atoms with E-state index in [1.165, 1.54) is 10.2 Å². The van der Waals surface area contributed by atoms with Crippen LogP contribution in [0, 0.1) is 18.8 Å². The van der Waals surface area contributed by atoms with Crippen molar-refractivity contribution in [2.24, 2.45) is 18.9 Å². The number of likely N-dealkylation sites (tertiary alicyclic amines) is 1. The molecule has 2 aromatic carbocycles. The van der Waals surface area contributed by atoms with Gasteiger partial charge in [0.2, 0.25) is 10.0 Å². The molecule has 0 spiro atoms. The molecule has 2 aliphatic rings. The molecule has 2 heterocycles. The van der Waals surface area contributed by atoms with Crippen LogP contribution in [-0.4, -0.2) is 61.1 Å². The number of hydrogen-bond acceptors (Lipinski definition) is 6. The Morgan fingerprint density at radius 1 is 1.11 bits per heavy atom. The summed E-state index contributed by atoms with van der Waals surface area (Å²) in [5.74, 6) is 0.359. The number of carbonyl (C=O) groups is 1. The number of ether oxygens (including phenoxy) is 1. The predicted molar refractivity (Wildman–Crippen MR) is 146 cm³/mol. The van der Waals surface area contributed by atoms with Crippen LogP contribution in [-0.2, 0) is 27.2 Å². The van der Waals surface area contributed by atoms with Crippen molar-refractivity contribution in [3.8, 4) is 5.69 Å². The van der Waals surface area contributed by atoms with E-state index in [0.29, 0.717) is 35.4 Å². The zero-order valence-corrected chi connectivity index (χ0v) is 23.0. The van der Waals surface area contributed by atoms with Crippen molar-refractivity contribution in [2.75, 3.05) is 37.2 Å². The van der Waals surface area contributed by atoms with Crippen LogP contribution < -0.4 is 10.3 Å². The van der Waals surface area contributed by atoms with Crippen molar-refractivity contribution in [2.45, 2.75) is 25.7 Å². The van der Waals surface area contributed by atoms with Crippen LogP contribution in [0.3, 0.4) is 0 Å². The van der Waals surface area contributed by atoms with E-state index in [1.807, 2.05) is 42.5 Å². The number of rotatable bonds is 9. The smallest absolute Gasteiger partial charge is 0.345 e. The molecule has 1 aliphatic heterocycles. The van der Waals surface area contributed by atoms with Gasteiger partial charge in [0.15, 0.2) is 0 Å². The van der Waals surface area contributed by atoms with Gasteiger partial charge in [-0.15, -0.1) is 0 Å². The highest BCUT2D eigenvalue weighted by Gasteiger charge is 2.67. The fourth-order valence-electron chi connectivity index (χ4n) is 6.38. The van der Waals surface area contributed by atoms with Gasteiger partial charge in [0.05, 0.1) is 17.6 Å². The molecule has 2 atom stereocenters. The zero-order valence-electron chi connectivity index (χ0n) is 22.2. The Hall–Kier alpha value is -3.37. The second-order valence-corrected chi connectivity index (χ2v) is 12.1. The number of sulfonamides is 1. The van der Waals surface area contributed by atoms with E-state index in [2.05, 4.69) is 22.6 Å². The highest BCUT2D eigenvalue weighted by atomic mass is 32.2. The fraction of sp³-hybridized carbons (Fsp3) is 0.429. The molecule has 0 radical (unpaired) electrons. The minimum Gasteiger partial charge on any atom is -0.461 e. The maximum absolute atomic E-state index is 13.1. The number of piperidine rings is 1. The molecule has 38 heavy (non-hydrogen) atoms. The van der Waals surface area contributed by atoms with Crippen molar-refractivity contribution in [3.63, 3.8) is 0 Å². The minimum absolute atomic E-state index is 0.0477. The van der Waals surface area contributed by atoms with Crippen LogP contribution in [0.5, 0.6) is 0 Å². The number of nitrogens with zero attached hydrogens (tertiary/aromatic N) is 3. The molecule has 10 heteroatoms. The van der Waals surface area contributed by atoms with Crippen molar-refractivity contribution in [3.05, 3.63) is 81.8 Å². The first-order chi connectivity index (χ1) is 18.1. The van der Waals surface area contributed by atoms with Gasteiger partial charge in [0.25, 0.3) is 5.56 Å². The summed E-state index contributed by atoms with van der Waals surface area (Å²) >= 11 is 0. The second-order valence-electron chi connectivity index (χ2n) is 10.4. The zero-order chi connectivity index (χ0) is 27.2. The molecule has 1 saturated carbocycles. The van der Waals surface area contributed by atoms with Crippen LogP contribution in [0.2, 0.25) is 0 Å².